The van der Waals surface area contributed by atoms with E-state index in [-0.39, 0.29) is 0 Å². The average Bonchev–Trinajstić information content (AvgIpc) is 2.18. The largest absolute Gasteiger partial charge is 0.237 e. The molecule has 15 heavy (non-hydrogen) atoms. The highest BCUT2D eigenvalue weighted by atomic mass is 32.2. The first-order valence-corrected chi connectivity index (χ1v) is 6.89. The topological polar surface area (TPSA) is 6.48 Å². The Balaban J connectivity index is 3.88. The van der Waals surface area contributed by atoms with Gasteiger partial charge in [0, 0.05) is 24.2 Å². The standard InChI is InChI=1S/C12H28N2S/c1-7-9-11(3)13(5)15-14(6)12(4)10-8-2/h11-12H,7-10H2,1-6H3. The van der Waals surface area contributed by atoms with Gasteiger partial charge >= 0.3 is 0 Å². The molecule has 0 spiro atoms. The van der Waals surface area contributed by atoms with Gasteiger partial charge in [0.05, 0.1) is 0 Å². The third-order valence-electron chi connectivity index (χ3n) is 2.91. The van der Waals surface area contributed by atoms with Crippen molar-refractivity contribution in [3.63, 3.8) is 0 Å². The van der Waals surface area contributed by atoms with Crippen molar-refractivity contribution in [2.24, 2.45) is 0 Å². The second-order valence-electron chi connectivity index (χ2n) is 4.45. The third-order valence-corrected chi connectivity index (χ3v) is 4.15. The summed E-state index contributed by atoms with van der Waals surface area (Å²) >= 11 is 1.86. The first-order valence-electron chi connectivity index (χ1n) is 6.16. The number of rotatable bonds is 8. The molecule has 0 N–H and O–H groups in total. The highest BCUT2D eigenvalue weighted by Crippen LogP contribution is 2.21. The van der Waals surface area contributed by atoms with E-state index in [1.807, 2.05) is 12.1 Å². The summed E-state index contributed by atoms with van der Waals surface area (Å²) in [6.07, 6.45) is 5.08. The predicted octanol–water partition coefficient (Wildman–Crippen LogP) is 3.79. The molecule has 2 atom stereocenters. The van der Waals surface area contributed by atoms with Crippen LogP contribution in [0.4, 0.5) is 0 Å². The van der Waals surface area contributed by atoms with E-state index in [1.54, 1.807) is 0 Å². The number of hydrogen-bond donors (Lipinski definition) is 0. The van der Waals surface area contributed by atoms with Crippen molar-refractivity contribution in [1.82, 2.24) is 8.61 Å². The summed E-state index contributed by atoms with van der Waals surface area (Å²) in [6.45, 7) is 9.10. The van der Waals surface area contributed by atoms with Crippen molar-refractivity contribution in [2.75, 3.05) is 14.1 Å². The molecule has 0 aromatic heterocycles. The lowest BCUT2D eigenvalue weighted by molar-refractivity contribution is 0.357. The second-order valence-corrected chi connectivity index (χ2v) is 5.76. The van der Waals surface area contributed by atoms with Gasteiger partial charge in [-0.1, -0.05) is 26.7 Å². The minimum absolute atomic E-state index is 0.663. The van der Waals surface area contributed by atoms with Gasteiger partial charge in [-0.25, -0.2) is 8.61 Å². The molecular weight excluding hydrogens is 204 g/mol. The molecule has 0 aliphatic carbocycles. The molecule has 0 heterocycles. The molecule has 0 saturated heterocycles. The normalized spacial score (nSPS) is 16.0. The Bertz CT molecular complexity index is 137. The zero-order chi connectivity index (χ0) is 11.8. The minimum Gasteiger partial charge on any atom is -0.237 e. The van der Waals surface area contributed by atoms with Gasteiger partial charge in [-0.15, -0.1) is 0 Å². The first kappa shape index (κ1) is 15.3. The van der Waals surface area contributed by atoms with Crippen LogP contribution in [0.25, 0.3) is 0 Å². The van der Waals surface area contributed by atoms with E-state index in [9.17, 15) is 0 Å². The van der Waals surface area contributed by atoms with Crippen LogP contribution in [0.1, 0.15) is 53.4 Å². The molecule has 2 unspecified atom stereocenters. The van der Waals surface area contributed by atoms with Gasteiger partial charge in [0.1, 0.15) is 0 Å². The van der Waals surface area contributed by atoms with Crippen LogP contribution < -0.4 is 0 Å². The molecule has 0 bridgehead atoms. The molecule has 0 saturated carbocycles. The molecule has 92 valence electrons. The van der Waals surface area contributed by atoms with Crippen molar-refractivity contribution < 1.29 is 0 Å². The SMILES string of the molecule is CCCC(C)N(C)SN(C)C(C)CCC. The summed E-state index contributed by atoms with van der Waals surface area (Å²) in [5.74, 6) is 0. The van der Waals surface area contributed by atoms with Gasteiger partial charge in [-0.05, 0) is 40.8 Å². The summed E-state index contributed by atoms with van der Waals surface area (Å²) in [5.41, 5.74) is 0. The Morgan fingerprint density at radius 3 is 1.47 bits per heavy atom. The minimum atomic E-state index is 0.663. The second kappa shape index (κ2) is 8.43. The highest BCUT2D eigenvalue weighted by Gasteiger charge is 2.15. The van der Waals surface area contributed by atoms with Crippen molar-refractivity contribution in [3.05, 3.63) is 0 Å². The summed E-state index contributed by atoms with van der Waals surface area (Å²) < 4.78 is 4.74. The van der Waals surface area contributed by atoms with E-state index in [1.165, 1.54) is 25.7 Å². The summed E-state index contributed by atoms with van der Waals surface area (Å²) in [6, 6.07) is 1.33. The monoisotopic (exact) mass is 232 g/mol. The molecule has 0 aliphatic rings. The highest BCUT2D eigenvalue weighted by molar-refractivity contribution is 7.94. The number of nitrogens with zero attached hydrogens (tertiary/aromatic N) is 2. The van der Waals surface area contributed by atoms with Crippen LogP contribution in [0.2, 0.25) is 0 Å². The van der Waals surface area contributed by atoms with E-state index < -0.39 is 0 Å². The molecule has 0 aliphatic heterocycles. The van der Waals surface area contributed by atoms with Gasteiger partial charge in [0.25, 0.3) is 0 Å². The smallest absolute Gasteiger partial charge is 0.0183 e. The van der Waals surface area contributed by atoms with Gasteiger partial charge < -0.3 is 0 Å². The van der Waals surface area contributed by atoms with E-state index in [0.717, 1.165) is 0 Å². The maximum Gasteiger partial charge on any atom is 0.0183 e. The van der Waals surface area contributed by atoms with Crippen molar-refractivity contribution in [2.45, 2.75) is 65.5 Å². The Morgan fingerprint density at radius 2 is 1.20 bits per heavy atom. The fourth-order valence-electron chi connectivity index (χ4n) is 1.56. The fourth-order valence-corrected chi connectivity index (χ4v) is 2.50. The van der Waals surface area contributed by atoms with Crippen LogP contribution in [-0.4, -0.2) is 34.8 Å². The van der Waals surface area contributed by atoms with Crippen molar-refractivity contribution >= 4 is 12.1 Å². The average molecular weight is 232 g/mol. The maximum atomic E-state index is 2.37. The third kappa shape index (κ3) is 6.44. The van der Waals surface area contributed by atoms with Gasteiger partial charge in [0.15, 0.2) is 0 Å². The lowest BCUT2D eigenvalue weighted by atomic mass is 10.2. The molecule has 0 aromatic carbocycles. The molecule has 0 radical (unpaired) electrons. The van der Waals surface area contributed by atoms with Gasteiger partial charge in [-0.3, -0.25) is 0 Å². The quantitative estimate of drug-likeness (QED) is 0.588. The van der Waals surface area contributed by atoms with Crippen LogP contribution in [-0.2, 0) is 0 Å². The van der Waals surface area contributed by atoms with Gasteiger partial charge in [-0.2, -0.15) is 0 Å². The van der Waals surface area contributed by atoms with Crippen LogP contribution in [0.15, 0.2) is 0 Å². The maximum absolute atomic E-state index is 2.37. The zero-order valence-corrected chi connectivity index (χ0v) is 12.1. The van der Waals surface area contributed by atoms with Crippen LogP contribution >= 0.6 is 12.1 Å². The molecule has 0 rings (SSSR count). The fraction of sp³-hybridized carbons (Fsp3) is 1.00. The van der Waals surface area contributed by atoms with E-state index in [4.69, 9.17) is 0 Å². The lowest BCUT2D eigenvalue weighted by Crippen LogP contribution is -2.31. The Morgan fingerprint density at radius 1 is 0.867 bits per heavy atom. The molecule has 0 fully saturated rings. The molecule has 0 aromatic rings. The van der Waals surface area contributed by atoms with Crippen LogP contribution in [0.3, 0.4) is 0 Å². The molecular formula is C12H28N2S. The molecule has 2 nitrogen and oxygen atoms in total. The van der Waals surface area contributed by atoms with Crippen molar-refractivity contribution in [1.29, 1.82) is 0 Å². The predicted molar refractivity (Wildman–Crippen MR) is 71.9 cm³/mol. The number of hydrogen-bond acceptors (Lipinski definition) is 3. The van der Waals surface area contributed by atoms with Crippen LogP contribution in [0.5, 0.6) is 0 Å². The van der Waals surface area contributed by atoms with E-state index >= 15 is 0 Å². The van der Waals surface area contributed by atoms with E-state index in [0.29, 0.717) is 12.1 Å². The summed E-state index contributed by atoms with van der Waals surface area (Å²) in [7, 11) is 4.39. The molecule has 0 amide bonds. The Hall–Kier alpha value is 0.270. The molecule has 3 heteroatoms. The Labute approximate surface area is 101 Å². The zero-order valence-electron chi connectivity index (χ0n) is 11.3. The summed E-state index contributed by atoms with van der Waals surface area (Å²) in [5, 5.41) is 0. The lowest BCUT2D eigenvalue weighted by Gasteiger charge is -2.30. The van der Waals surface area contributed by atoms with E-state index in [2.05, 4.69) is 50.4 Å². The van der Waals surface area contributed by atoms with Crippen molar-refractivity contribution in [3.8, 4) is 0 Å². The van der Waals surface area contributed by atoms with Crippen LogP contribution in [0, 0.1) is 0 Å². The summed E-state index contributed by atoms with van der Waals surface area (Å²) in [4.78, 5) is 0. The van der Waals surface area contributed by atoms with Gasteiger partial charge in [0.2, 0.25) is 0 Å². The Kier molecular flexibility index (Phi) is 8.58. The first-order chi connectivity index (χ1) is 7.02.